The van der Waals surface area contributed by atoms with Crippen LogP contribution in [-0.4, -0.2) is 45.3 Å². The third kappa shape index (κ3) is 5.33. The number of carbonyl (C=O) groups excluding carboxylic acids is 3. The van der Waals surface area contributed by atoms with Crippen LogP contribution in [-0.2, 0) is 27.5 Å². The Morgan fingerprint density at radius 3 is 2.65 bits per heavy atom. The number of amides is 2. The van der Waals surface area contributed by atoms with Crippen LogP contribution in [0, 0.1) is 12.3 Å². The van der Waals surface area contributed by atoms with Gasteiger partial charge in [0.25, 0.3) is 5.91 Å². The van der Waals surface area contributed by atoms with Gasteiger partial charge in [0, 0.05) is 37.1 Å². The molecule has 0 aliphatic carbocycles. The minimum Gasteiger partial charge on any atom is -0.458 e. The first-order valence-corrected chi connectivity index (χ1v) is 11.4. The minimum absolute atomic E-state index is 0.111. The molecular weight excluding hydrogens is 416 g/mol. The van der Waals surface area contributed by atoms with Crippen molar-refractivity contribution in [1.29, 1.82) is 0 Å². The van der Waals surface area contributed by atoms with Gasteiger partial charge in [0.1, 0.15) is 11.6 Å². The van der Waals surface area contributed by atoms with E-state index in [1.54, 1.807) is 26.8 Å². The number of hydrogen-bond donors (Lipinski definition) is 1. The van der Waals surface area contributed by atoms with Gasteiger partial charge >= 0.3 is 5.97 Å². The number of aromatic nitrogens is 2. The molecule has 3 rings (SSSR count). The highest BCUT2D eigenvalue weighted by atomic mass is 32.1. The summed E-state index contributed by atoms with van der Waals surface area (Å²) >= 11 is 1.40. The Balaban J connectivity index is 1.76. The summed E-state index contributed by atoms with van der Waals surface area (Å²) in [6, 6.07) is 1.76. The minimum atomic E-state index is -0.570. The van der Waals surface area contributed by atoms with Gasteiger partial charge in [-0.2, -0.15) is 0 Å². The Kier molecular flexibility index (Phi) is 6.83. The van der Waals surface area contributed by atoms with Crippen molar-refractivity contribution in [3.05, 3.63) is 27.7 Å². The average molecular weight is 447 g/mol. The zero-order valence-corrected chi connectivity index (χ0v) is 19.4. The van der Waals surface area contributed by atoms with Crippen LogP contribution in [0.2, 0.25) is 0 Å². The van der Waals surface area contributed by atoms with Crippen LogP contribution in [0.3, 0.4) is 0 Å². The molecule has 2 aromatic rings. The Morgan fingerprint density at radius 1 is 1.29 bits per heavy atom. The number of thiazole rings is 1. The van der Waals surface area contributed by atoms with Crippen molar-refractivity contribution in [3.8, 4) is 11.4 Å². The van der Waals surface area contributed by atoms with Gasteiger partial charge in [-0.25, -0.2) is 4.98 Å². The molecule has 2 N–H and O–H groups in total. The molecule has 0 aromatic carbocycles. The van der Waals surface area contributed by atoms with Crippen molar-refractivity contribution in [2.45, 2.75) is 60.1 Å². The first-order chi connectivity index (χ1) is 14.6. The van der Waals surface area contributed by atoms with Gasteiger partial charge in [-0.05, 0) is 46.6 Å². The summed E-state index contributed by atoms with van der Waals surface area (Å²) in [5.41, 5.74) is 7.74. The number of nitrogens with zero attached hydrogens (tertiary/aromatic N) is 3. The van der Waals surface area contributed by atoms with Gasteiger partial charge in [-0.15, -0.1) is 11.3 Å². The lowest BCUT2D eigenvalue weighted by atomic mass is 9.97. The number of rotatable bonds is 8. The molecule has 8 nitrogen and oxygen atoms in total. The number of hydrogen-bond acceptors (Lipinski definition) is 6. The molecule has 0 radical (unpaired) electrons. The highest BCUT2D eigenvalue weighted by Gasteiger charge is 2.24. The largest absolute Gasteiger partial charge is 0.458 e. The van der Waals surface area contributed by atoms with E-state index < -0.39 is 11.3 Å². The Bertz CT molecular complexity index is 986. The molecule has 168 valence electrons. The van der Waals surface area contributed by atoms with E-state index >= 15 is 0 Å². The van der Waals surface area contributed by atoms with Crippen molar-refractivity contribution in [2.75, 3.05) is 13.1 Å². The lowest BCUT2D eigenvalue weighted by Crippen LogP contribution is -2.26. The van der Waals surface area contributed by atoms with E-state index in [0.717, 1.165) is 30.8 Å². The molecule has 1 saturated heterocycles. The molecule has 31 heavy (non-hydrogen) atoms. The monoisotopic (exact) mass is 446 g/mol. The van der Waals surface area contributed by atoms with E-state index in [0.29, 0.717) is 35.8 Å². The molecular formula is C22H30N4O4S. The van der Waals surface area contributed by atoms with Gasteiger partial charge in [0.05, 0.1) is 22.4 Å². The van der Waals surface area contributed by atoms with E-state index in [2.05, 4.69) is 4.98 Å². The highest BCUT2D eigenvalue weighted by molar-refractivity contribution is 7.09. The van der Waals surface area contributed by atoms with Crippen molar-refractivity contribution < 1.29 is 19.1 Å². The van der Waals surface area contributed by atoms with Crippen molar-refractivity contribution in [3.63, 3.8) is 0 Å². The van der Waals surface area contributed by atoms with Crippen molar-refractivity contribution in [1.82, 2.24) is 14.5 Å². The standard InChI is InChI=1S/C22H30N4O4S/c1-14-15(20(23)28)11-17(26(14)10-6-9-25-8-5-7-19(25)27)16-13-31-18(24-16)12-30-21(29)22(2,3)4/h11,13H,5-10,12H2,1-4H3,(H2,23,28). The normalized spacial score (nSPS) is 14.3. The fourth-order valence-corrected chi connectivity index (χ4v) is 4.29. The summed E-state index contributed by atoms with van der Waals surface area (Å²) in [6.45, 7) is 9.53. The third-order valence-corrected chi connectivity index (χ3v) is 6.19. The molecule has 9 heteroatoms. The number of nitrogens with two attached hydrogens (primary N) is 1. The molecule has 1 fully saturated rings. The molecule has 2 amide bonds. The molecule has 1 aliphatic rings. The molecule has 0 saturated carbocycles. The Hall–Kier alpha value is -2.68. The molecule has 3 heterocycles. The van der Waals surface area contributed by atoms with Gasteiger partial charge in [0.2, 0.25) is 5.91 Å². The second-order valence-electron chi connectivity index (χ2n) is 8.84. The van der Waals surface area contributed by atoms with Gasteiger partial charge in [-0.3, -0.25) is 14.4 Å². The quantitative estimate of drug-likeness (QED) is 0.627. The van der Waals surface area contributed by atoms with Crippen LogP contribution in [0.25, 0.3) is 11.4 Å². The predicted octanol–water partition coefficient (Wildman–Crippen LogP) is 3.12. The SMILES string of the molecule is Cc1c(C(N)=O)cc(-c2csc(COC(=O)C(C)(C)C)n2)n1CCCN1CCCC1=O. The van der Waals surface area contributed by atoms with E-state index in [4.69, 9.17) is 10.5 Å². The van der Waals surface area contributed by atoms with Crippen molar-refractivity contribution >= 4 is 29.1 Å². The first-order valence-electron chi connectivity index (χ1n) is 10.5. The number of likely N-dealkylation sites (tertiary alicyclic amines) is 1. The summed E-state index contributed by atoms with van der Waals surface area (Å²) in [5.74, 6) is -0.561. The lowest BCUT2D eigenvalue weighted by Gasteiger charge is -2.17. The first kappa shape index (κ1) is 23.0. The van der Waals surface area contributed by atoms with E-state index in [1.807, 2.05) is 21.8 Å². The van der Waals surface area contributed by atoms with Crippen LogP contribution in [0.15, 0.2) is 11.4 Å². The predicted molar refractivity (Wildman–Crippen MR) is 118 cm³/mol. The summed E-state index contributed by atoms with van der Waals surface area (Å²) in [5, 5.41) is 2.57. The number of primary amides is 1. The zero-order valence-electron chi connectivity index (χ0n) is 18.6. The maximum atomic E-state index is 12.0. The van der Waals surface area contributed by atoms with Crippen LogP contribution in [0.4, 0.5) is 0 Å². The topological polar surface area (TPSA) is 108 Å². The molecule has 0 unspecified atom stereocenters. The second-order valence-corrected chi connectivity index (χ2v) is 9.78. The van der Waals surface area contributed by atoms with Crippen molar-refractivity contribution in [2.24, 2.45) is 11.1 Å². The number of carbonyl (C=O) groups is 3. The summed E-state index contributed by atoms with van der Waals surface area (Å²) in [6.07, 6.45) is 2.31. The Labute approximate surface area is 186 Å². The zero-order chi connectivity index (χ0) is 22.8. The van der Waals surface area contributed by atoms with Gasteiger partial charge in [0.15, 0.2) is 0 Å². The smallest absolute Gasteiger partial charge is 0.311 e. The molecule has 0 spiro atoms. The molecule has 1 aliphatic heterocycles. The van der Waals surface area contributed by atoms with Crippen LogP contribution < -0.4 is 5.73 Å². The molecule has 0 atom stereocenters. The highest BCUT2D eigenvalue weighted by Crippen LogP contribution is 2.28. The Morgan fingerprint density at radius 2 is 2.03 bits per heavy atom. The summed E-state index contributed by atoms with van der Waals surface area (Å²) in [4.78, 5) is 42.3. The fraction of sp³-hybridized carbons (Fsp3) is 0.545. The van der Waals surface area contributed by atoms with E-state index in [9.17, 15) is 14.4 Å². The maximum Gasteiger partial charge on any atom is 0.311 e. The summed E-state index contributed by atoms with van der Waals surface area (Å²) < 4.78 is 7.39. The number of esters is 1. The van der Waals surface area contributed by atoms with Gasteiger partial charge < -0.3 is 19.9 Å². The van der Waals surface area contributed by atoms with E-state index in [-0.39, 0.29) is 18.5 Å². The second kappa shape index (κ2) is 9.21. The molecule has 0 bridgehead atoms. The van der Waals surface area contributed by atoms with Crippen LogP contribution in [0.5, 0.6) is 0 Å². The fourth-order valence-electron chi connectivity index (χ4n) is 3.59. The van der Waals surface area contributed by atoms with E-state index in [1.165, 1.54) is 11.3 Å². The van der Waals surface area contributed by atoms with Gasteiger partial charge in [-0.1, -0.05) is 0 Å². The lowest BCUT2D eigenvalue weighted by molar-refractivity contribution is -0.154. The third-order valence-electron chi connectivity index (χ3n) is 5.37. The molecule has 2 aromatic heterocycles. The number of ether oxygens (including phenoxy) is 1. The maximum absolute atomic E-state index is 12.0. The van der Waals surface area contributed by atoms with Crippen LogP contribution >= 0.6 is 11.3 Å². The van der Waals surface area contributed by atoms with Crippen LogP contribution in [0.1, 0.15) is 61.1 Å². The summed E-state index contributed by atoms with van der Waals surface area (Å²) in [7, 11) is 0. The average Bonchev–Trinajstić information content (AvgIpc) is 3.39.